The summed E-state index contributed by atoms with van der Waals surface area (Å²) in [5.41, 5.74) is 0. The number of halogens is 1. The van der Waals surface area contributed by atoms with Gasteiger partial charge < -0.3 is 4.90 Å². The molecule has 0 aliphatic carbocycles. The maximum Gasteiger partial charge on any atom is 0.243 e. The highest BCUT2D eigenvalue weighted by Crippen LogP contribution is 2.07. The first kappa shape index (κ1) is 15.3. The number of aromatic nitrogens is 2. The van der Waals surface area contributed by atoms with E-state index in [4.69, 9.17) is 11.6 Å². The van der Waals surface area contributed by atoms with Crippen molar-refractivity contribution >= 4 is 21.6 Å². The normalized spacial score (nSPS) is 12.0. The van der Waals surface area contributed by atoms with Gasteiger partial charge in [-0.05, 0) is 24.7 Å². The zero-order chi connectivity index (χ0) is 13.6. The summed E-state index contributed by atoms with van der Waals surface area (Å²) in [4.78, 5) is 9.44. The van der Waals surface area contributed by atoms with Crippen LogP contribution in [0, 0.1) is 0 Å². The van der Waals surface area contributed by atoms with Crippen molar-refractivity contribution in [3.8, 4) is 0 Å². The van der Waals surface area contributed by atoms with Crippen molar-refractivity contribution in [1.82, 2.24) is 19.6 Å². The molecule has 18 heavy (non-hydrogen) atoms. The van der Waals surface area contributed by atoms with Crippen molar-refractivity contribution in [2.24, 2.45) is 0 Å². The lowest BCUT2D eigenvalue weighted by Crippen LogP contribution is -2.34. The largest absolute Gasteiger partial charge is 0.303 e. The van der Waals surface area contributed by atoms with Gasteiger partial charge in [-0.1, -0.05) is 13.8 Å². The third-order valence-electron chi connectivity index (χ3n) is 2.52. The first-order valence-electron chi connectivity index (χ1n) is 5.69. The van der Waals surface area contributed by atoms with E-state index in [-0.39, 0.29) is 10.2 Å². The van der Waals surface area contributed by atoms with Crippen molar-refractivity contribution < 1.29 is 8.42 Å². The number of hydrogen-bond donors (Lipinski definition) is 1. The third kappa shape index (κ3) is 4.49. The van der Waals surface area contributed by atoms with Crippen molar-refractivity contribution in [3.63, 3.8) is 0 Å². The summed E-state index contributed by atoms with van der Waals surface area (Å²) in [5, 5.41) is 0.0251. The van der Waals surface area contributed by atoms with E-state index in [0.717, 1.165) is 13.1 Å². The number of sulfonamides is 1. The number of nitrogens with one attached hydrogen (secondary N) is 1. The SMILES string of the molecule is CCN(CC)CCNS(=O)(=O)c1cnc(Cl)nc1. The molecular formula is C10H17ClN4O2S. The first-order valence-corrected chi connectivity index (χ1v) is 7.55. The lowest BCUT2D eigenvalue weighted by atomic mass is 10.5. The highest BCUT2D eigenvalue weighted by Gasteiger charge is 2.14. The Kier molecular flexibility index (Phi) is 5.94. The van der Waals surface area contributed by atoms with Crippen LogP contribution in [0.4, 0.5) is 0 Å². The Hall–Kier alpha value is -0.760. The van der Waals surface area contributed by atoms with Crippen LogP contribution in [0.1, 0.15) is 13.8 Å². The fraction of sp³-hybridized carbons (Fsp3) is 0.600. The van der Waals surface area contributed by atoms with Crippen LogP contribution in [-0.4, -0.2) is 49.5 Å². The monoisotopic (exact) mass is 292 g/mol. The maximum absolute atomic E-state index is 11.8. The average molecular weight is 293 g/mol. The second-order valence-electron chi connectivity index (χ2n) is 3.61. The molecule has 0 atom stereocenters. The van der Waals surface area contributed by atoms with Gasteiger partial charge in [-0.3, -0.25) is 0 Å². The van der Waals surface area contributed by atoms with E-state index in [9.17, 15) is 8.42 Å². The summed E-state index contributed by atoms with van der Waals surface area (Å²) in [6.07, 6.45) is 2.38. The third-order valence-corrected chi connectivity index (χ3v) is 4.13. The molecule has 0 spiro atoms. The van der Waals surface area contributed by atoms with Gasteiger partial charge in [0.25, 0.3) is 0 Å². The highest BCUT2D eigenvalue weighted by atomic mass is 35.5. The van der Waals surface area contributed by atoms with Gasteiger partial charge in [0, 0.05) is 13.1 Å². The molecule has 8 heteroatoms. The molecule has 1 aromatic rings. The minimum absolute atomic E-state index is 0.0199. The van der Waals surface area contributed by atoms with E-state index in [2.05, 4.69) is 19.6 Å². The molecule has 1 N–H and O–H groups in total. The number of rotatable bonds is 7. The standard InChI is InChI=1S/C10H17ClN4O2S/c1-3-15(4-2)6-5-14-18(16,17)9-7-12-10(11)13-8-9/h7-8,14H,3-6H2,1-2H3. The molecule has 0 radical (unpaired) electrons. The minimum Gasteiger partial charge on any atom is -0.303 e. The molecule has 0 unspecified atom stereocenters. The fourth-order valence-electron chi connectivity index (χ4n) is 1.40. The lowest BCUT2D eigenvalue weighted by Gasteiger charge is -2.17. The molecule has 102 valence electrons. The van der Waals surface area contributed by atoms with E-state index in [1.54, 1.807) is 0 Å². The molecule has 6 nitrogen and oxygen atoms in total. The smallest absolute Gasteiger partial charge is 0.243 e. The fourth-order valence-corrected chi connectivity index (χ4v) is 2.41. The quantitative estimate of drug-likeness (QED) is 0.751. The molecule has 0 saturated carbocycles. The van der Waals surface area contributed by atoms with E-state index >= 15 is 0 Å². The van der Waals surface area contributed by atoms with Crippen molar-refractivity contribution in [1.29, 1.82) is 0 Å². The Morgan fingerprint density at radius 1 is 1.28 bits per heavy atom. The van der Waals surface area contributed by atoms with Crippen LogP contribution < -0.4 is 4.72 Å². The van der Waals surface area contributed by atoms with Gasteiger partial charge in [0.2, 0.25) is 15.3 Å². The predicted molar refractivity (Wildman–Crippen MR) is 70.0 cm³/mol. The van der Waals surface area contributed by atoms with Crippen LogP contribution in [0.15, 0.2) is 17.3 Å². The van der Waals surface area contributed by atoms with Gasteiger partial charge >= 0.3 is 0 Å². The second-order valence-corrected chi connectivity index (χ2v) is 5.72. The highest BCUT2D eigenvalue weighted by molar-refractivity contribution is 7.89. The summed E-state index contributed by atoms with van der Waals surface area (Å²) in [7, 11) is -3.55. The topological polar surface area (TPSA) is 75.2 Å². The van der Waals surface area contributed by atoms with Crippen LogP contribution in [-0.2, 0) is 10.0 Å². The second kappa shape index (κ2) is 6.98. The zero-order valence-electron chi connectivity index (χ0n) is 10.4. The molecule has 0 aromatic carbocycles. The lowest BCUT2D eigenvalue weighted by molar-refractivity contribution is 0.309. The van der Waals surface area contributed by atoms with Gasteiger partial charge in [-0.15, -0.1) is 0 Å². The van der Waals surface area contributed by atoms with Crippen molar-refractivity contribution in [2.45, 2.75) is 18.7 Å². The van der Waals surface area contributed by atoms with Crippen LogP contribution in [0.5, 0.6) is 0 Å². The molecule has 0 bridgehead atoms. The van der Waals surface area contributed by atoms with Gasteiger partial charge in [0.05, 0.1) is 12.4 Å². The summed E-state index contributed by atoms with van der Waals surface area (Å²) in [6, 6.07) is 0. The first-order chi connectivity index (χ1) is 8.49. The Balaban J connectivity index is 2.57. The zero-order valence-corrected chi connectivity index (χ0v) is 12.0. The molecule has 1 heterocycles. The maximum atomic E-state index is 11.8. The summed E-state index contributed by atoms with van der Waals surface area (Å²) >= 11 is 5.50. The van der Waals surface area contributed by atoms with Crippen LogP contribution in [0.25, 0.3) is 0 Å². The predicted octanol–water partition coefficient (Wildman–Crippen LogP) is 0.750. The Labute approximate surface area is 112 Å². The molecule has 0 aliphatic heterocycles. The van der Waals surface area contributed by atoms with Crippen LogP contribution >= 0.6 is 11.6 Å². The molecule has 1 aromatic heterocycles. The summed E-state index contributed by atoms with van der Waals surface area (Å²) in [5.74, 6) is 0. The minimum atomic E-state index is -3.55. The van der Waals surface area contributed by atoms with E-state index in [0.29, 0.717) is 13.1 Å². The van der Waals surface area contributed by atoms with Gasteiger partial charge in [0.15, 0.2) is 0 Å². The Morgan fingerprint density at radius 2 is 1.83 bits per heavy atom. The number of hydrogen-bond acceptors (Lipinski definition) is 5. The van der Waals surface area contributed by atoms with Crippen LogP contribution in [0.3, 0.4) is 0 Å². The summed E-state index contributed by atoms with van der Waals surface area (Å²) in [6.45, 7) is 6.87. The van der Waals surface area contributed by atoms with Crippen molar-refractivity contribution in [2.75, 3.05) is 26.2 Å². The summed E-state index contributed by atoms with van der Waals surface area (Å²) < 4.78 is 26.2. The Bertz CT molecular complexity index is 459. The molecule has 0 amide bonds. The van der Waals surface area contributed by atoms with Crippen molar-refractivity contribution in [3.05, 3.63) is 17.7 Å². The molecule has 0 aliphatic rings. The van der Waals surface area contributed by atoms with Gasteiger partial charge in [0.1, 0.15) is 4.90 Å². The average Bonchev–Trinajstić information content (AvgIpc) is 2.35. The molecule has 0 fully saturated rings. The number of nitrogens with zero attached hydrogens (tertiary/aromatic N) is 3. The molecular weight excluding hydrogens is 276 g/mol. The van der Waals surface area contributed by atoms with Crippen LogP contribution in [0.2, 0.25) is 5.28 Å². The van der Waals surface area contributed by atoms with Gasteiger partial charge in [-0.2, -0.15) is 0 Å². The van der Waals surface area contributed by atoms with E-state index in [1.807, 2.05) is 13.8 Å². The molecule has 0 saturated heterocycles. The van der Waals surface area contributed by atoms with Gasteiger partial charge in [-0.25, -0.2) is 23.1 Å². The van der Waals surface area contributed by atoms with E-state index in [1.165, 1.54) is 12.4 Å². The molecule has 1 rings (SSSR count). The number of likely N-dealkylation sites (N-methyl/N-ethyl adjacent to an activating group) is 1. The Morgan fingerprint density at radius 3 is 2.33 bits per heavy atom. The van der Waals surface area contributed by atoms with E-state index < -0.39 is 10.0 Å².